The number of nitrogens with one attached hydrogen (secondary N) is 2. The molecule has 25 heavy (non-hydrogen) atoms. The lowest BCUT2D eigenvalue weighted by Gasteiger charge is -2.23. The van der Waals surface area contributed by atoms with Crippen molar-refractivity contribution in [2.45, 2.75) is 6.04 Å². The summed E-state index contributed by atoms with van der Waals surface area (Å²) in [6.45, 7) is 0.390. The molecule has 0 fully saturated rings. The van der Waals surface area contributed by atoms with Gasteiger partial charge in [0.25, 0.3) is 5.91 Å². The van der Waals surface area contributed by atoms with Gasteiger partial charge in [-0.25, -0.2) is 8.78 Å². The van der Waals surface area contributed by atoms with Gasteiger partial charge in [-0.05, 0) is 30.3 Å². The molecule has 0 heterocycles. The van der Waals surface area contributed by atoms with Gasteiger partial charge in [0.05, 0.1) is 20.6 Å². The van der Waals surface area contributed by atoms with Gasteiger partial charge in [-0.3, -0.25) is 4.79 Å². The molecule has 0 bridgehead atoms. The van der Waals surface area contributed by atoms with Crippen LogP contribution in [0.3, 0.4) is 0 Å². The third-order valence-corrected chi connectivity index (χ3v) is 4.16. The van der Waals surface area contributed by atoms with Gasteiger partial charge in [0.15, 0.2) is 11.6 Å². The molecule has 0 saturated carbocycles. The van der Waals surface area contributed by atoms with Crippen molar-refractivity contribution in [1.29, 1.82) is 0 Å². The molecule has 0 saturated heterocycles. The number of nitrogens with zero attached hydrogens (tertiary/aromatic N) is 1. The van der Waals surface area contributed by atoms with Crippen LogP contribution in [-0.2, 0) is 0 Å². The van der Waals surface area contributed by atoms with Crippen molar-refractivity contribution in [2.24, 2.45) is 0 Å². The van der Waals surface area contributed by atoms with Crippen LogP contribution in [-0.4, -0.2) is 40.6 Å². The highest BCUT2D eigenvalue weighted by Gasteiger charge is 2.19. The summed E-state index contributed by atoms with van der Waals surface area (Å²) in [7, 11) is 7.97. The maximum absolute atomic E-state index is 13.3. The minimum Gasteiger partial charge on any atom is -0.378 e. The van der Waals surface area contributed by atoms with E-state index in [2.05, 4.69) is 5.32 Å². The molecule has 0 aliphatic rings. The molecule has 4 nitrogen and oxygen atoms in total. The summed E-state index contributed by atoms with van der Waals surface area (Å²) in [5, 5.41) is 2.80. The van der Waals surface area contributed by atoms with E-state index in [0.29, 0.717) is 6.54 Å². The van der Waals surface area contributed by atoms with Crippen molar-refractivity contribution < 1.29 is 18.5 Å². The van der Waals surface area contributed by atoms with Crippen LogP contribution < -0.4 is 15.1 Å². The molecule has 0 aromatic heterocycles. The second-order valence-corrected chi connectivity index (χ2v) is 6.45. The van der Waals surface area contributed by atoms with Gasteiger partial charge in [0, 0.05) is 30.9 Å². The molecule has 134 valence electrons. The van der Waals surface area contributed by atoms with Gasteiger partial charge in [0.1, 0.15) is 6.04 Å². The highest BCUT2D eigenvalue weighted by molar-refractivity contribution is 5.94. The molecule has 6 heteroatoms. The molecule has 0 unspecified atom stereocenters. The van der Waals surface area contributed by atoms with Crippen LogP contribution >= 0.6 is 0 Å². The lowest BCUT2D eigenvalue weighted by Crippen LogP contribution is -3.07. The topological polar surface area (TPSA) is 36.8 Å². The lowest BCUT2D eigenvalue weighted by molar-refractivity contribution is -0.890. The van der Waals surface area contributed by atoms with E-state index in [1.165, 1.54) is 6.07 Å². The Morgan fingerprint density at radius 3 is 2.24 bits per heavy atom. The number of amides is 1. The van der Waals surface area contributed by atoms with Crippen molar-refractivity contribution in [2.75, 3.05) is 39.6 Å². The number of hydrogen-bond donors (Lipinski definition) is 2. The highest BCUT2D eigenvalue weighted by Crippen LogP contribution is 2.16. The van der Waals surface area contributed by atoms with E-state index in [1.54, 1.807) is 0 Å². The number of likely N-dealkylation sites (N-methyl/N-ethyl adjacent to an activating group) is 1. The predicted octanol–water partition coefficient (Wildman–Crippen LogP) is 1.65. The summed E-state index contributed by atoms with van der Waals surface area (Å²) in [5.74, 6) is -2.41. The lowest BCUT2D eigenvalue weighted by atomic mass is 10.0. The van der Waals surface area contributed by atoms with Crippen molar-refractivity contribution in [3.63, 3.8) is 0 Å². The zero-order valence-corrected chi connectivity index (χ0v) is 14.9. The third kappa shape index (κ3) is 4.76. The molecule has 0 aliphatic carbocycles. The van der Waals surface area contributed by atoms with Gasteiger partial charge in [0.2, 0.25) is 0 Å². The molecule has 0 spiro atoms. The van der Waals surface area contributed by atoms with E-state index < -0.39 is 17.5 Å². The standard InChI is InChI=1S/C19H23F2N3O/c1-23(2)15-8-5-13(6-9-15)18(24(3)4)12-22-19(25)14-7-10-16(20)17(21)11-14/h5-11,18H,12H2,1-4H3,(H,22,25)/p+1/t18-/m0/s1. The van der Waals surface area contributed by atoms with Crippen LogP contribution in [0.5, 0.6) is 0 Å². The van der Waals surface area contributed by atoms with E-state index in [0.717, 1.165) is 28.3 Å². The van der Waals surface area contributed by atoms with E-state index in [1.807, 2.05) is 57.4 Å². The Bertz CT molecular complexity index is 730. The van der Waals surface area contributed by atoms with Gasteiger partial charge >= 0.3 is 0 Å². The number of halogens is 2. The first-order valence-corrected chi connectivity index (χ1v) is 8.10. The second kappa shape index (κ2) is 8.07. The minimum absolute atomic E-state index is 0.0467. The molecular formula is C19H24F2N3O+. The summed E-state index contributed by atoms with van der Waals surface area (Å²) in [4.78, 5) is 15.4. The third-order valence-electron chi connectivity index (χ3n) is 4.16. The average molecular weight is 348 g/mol. The number of anilines is 1. The fourth-order valence-electron chi connectivity index (χ4n) is 2.59. The quantitative estimate of drug-likeness (QED) is 0.833. The van der Waals surface area contributed by atoms with E-state index in [-0.39, 0.29) is 11.6 Å². The molecular weight excluding hydrogens is 324 g/mol. The largest absolute Gasteiger partial charge is 0.378 e. The van der Waals surface area contributed by atoms with Crippen molar-refractivity contribution in [3.8, 4) is 0 Å². The first kappa shape index (κ1) is 18.9. The van der Waals surface area contributed by atoms with Gasteiger partial charge in [-0.1, -0.05) is 12.1 Å². The first-order chi connectivity index (χ1) is 11.8. The summed E-state index contributed by atoms with van der Waals surface area (Å²) >= 11 is 0. The molecule has 0 aliphatic heterocycles. The van der Waals surface area contributed by atoms with Gasteiger partial charge in [-0.15, -0.1) is 0 Å². The molecule has 2 aromatic rings. The number of quaternary nitrogens is 1. The molecule has 1 atom stereocenters. The summed E-state index contributed by atoms with van der Waals surface area (Å²) in [6.07, 6.45) is 0. The second-order valence-electron chi connectivity index (χ2n) is 6.45. The Morgan fingerprint density at radius 2 is 1.72 bits per heavy atom. The SMILES string of the molecule is CN(C)c1ccc([C@H](CNC(=O)c2ccc(F)c(F)c2)[NH+](C)C)cc1. The van der Waals surface area contributed by atoms with Crippen molar-refractivity contribution >= 4 is 11.6 Å². The normalized spacial score (nSPS) is 12.1. The van der Waals surface area contributed by atoms with Crippen LogP contribution in [0.4, 0.5) is 14.5 Å². The Balaban J connectivity index is 2.08. The number of hydrogen-bond acceptors (Lipinski definition) is 2. The number of benzene rings is 2. The zero-order chi connectivity index (χ0) is 18.6. The van der Waals surface area contributed by atoms with Crippen molar-refractivity contribution in [3.05, 3.63) is 65.2 Å². The van der Waals surface area contributed by atoms with Crippen LogP contribution in [0.15, 0.2) is 42.5 Å². The first-order valence-electron chi connectivity index (χ1n) is 8.10. The van der Waals surface area contributed by atoms with E-state index >= 15 is 0 Å². The highest BCUT2D eigenvalue weighted by atomic mass is 19.2. The summed E-state index contributed by atoms with van der Waals surface area (Å²) < 4.78 is 26.3. The van der Waals surface area contributed by atoms with Crippen molar-refractivity contribution in [1.82, 2.24) is 5.32 Å². The number of carbonyl (C=O) groups is 1. The maximum atomic E-state index is 13.3. The smallest absolute Gasteiger partial charge is 0.251 e. The Morgan fingerprint density at radius 1 is 1.08 bits per heavy atom. The number of carbonyl (C=O) groups excluding carboxylic acids is 1. The van der Waals surface area contributed by atoms with Gasteiger partial charge in [-0.2, -0.15) is 0 Å². The fraction of sp³-hybridized carbons (Fsp3) is 0.316. The van der Waals surface area contributed by atoms with E-state index in [9.17, 15) is 13.6 Å². The fourth-order valence-corrected chi connectivity index (χ4v) is 2.59. The predicted molar refractivity (Wildman–Crippen MR) is 95.0 cm³/mol. The van der Waals surface area contributed by atoms with Crippen LogP contribution in [0.25, 0.3) is 0 Å². The molecule has 1 amide bonds. The Labute approximate surface area is 147 Å². The van der Waals surface area contributed by atoms with Crippen LogP contribution in [0.1, 0.15) is 22.0 Å². The van der Waals surface area contributed by atoms with E-state index in [4.69, 9.17) is 0 Å². The van der Waals surface area contributed by atoms with Crippen LogP contribution in [0.2, 0.25) is 0 Å². The Kier molecular flexibility index (Phi) is 6.09. The summed E-state index contributed by atoms with van der Waals surface area (Å²) in [5.41, 5.74) is 2.30. The monoisotopic (exact) mass is 348 g/mol. The molecule has 2 rings (SSSR count). The summed E-state index contributed by atoms with van der Waals surface area (Å²) in [6, 6.07) is 11.3. The average Bonchev–Trinajstić information content (AvgIpc) is 2.57. The Hall–Kier alpha value is -2.47. The molecule has 0 radical (unpaired) electrons. The zero-order valence-electron chi connectivity index (χ0n) is 14.9. The molecule has 2 N–H and O–H groups in total. The maximum Gasteiger partial charge on any atom is 0.251 e. The molecule has 2 aromatic carbocycles. The number of rotatable bonds is 6. The van der Waals surface area contributed by atoms with Gasteiger partial charge < -0.3 is 15.1 Å². The minimum atomic E-state index is -1.03. The van der Waals surface area contributed by atoms with Crippen LogP contribution in [0, 0.1) is 11.6 Å².